The van der Waals surface area contributed by atoms with Crippen molar-refractivity contribution in [2.45, 2.75) is 51.5 Å². The highest BCUT2D eigenvalue weighted by Crippen LogP contribution is 2.15. The molecule has 2 N–H and O–H groups in total. The number of anilines is 1. The van der Waals surface area contributed by atoms with Crippen molar-refractivity contribution in [2.24, 2.45) is 0 Å². The Labute approximate surface area is 128 Å². The maximum atomic E-state index is 5.77. The second-order valence-corrected chi connectivity index (χ2v) is 5.83. The van der Waals surface area contributed by atoms with Gasteiger partial charge in [-0.25, -0.2) is 15.0 Å². The minimum absolute atomic E-state index is 0.459. The summed E-state index contributed by atoms with van der Waals surface area (Å²) in [6.45, 7) is 0.953. The molecule has 2 heterocycles. The summed E-state index contributed by atoms with van der Waals surface area (Å²) in [5, 5.41) is 1.13. The zero-order valence-corrected chi connectivity index (χ0v) is 13.3. The summed E-state index contributed by atoms with van der Waals surface area (Å²) in [7, 11) is 0. The van der Waals surface area contributed by atoms with Crippen LogP contribution in [0.2, 0.25) is 0 Å². The minimum atomic E-state index is 0.459. The predicted molar refractivity (Wildman–Crippen MR) is 85.8 cm³/mol. The van der Waals surface area contributed by atoms with Crippen molar-refractivity contribution in [2.75, 3.05) is 11.1 Å². The van der Waals surface area contributed by atoms with E-state index in [0.717, 1.165) is 23.9 Å². The Bertz CT molecular complexity index is 525. The first-order valence-electron chi connectivity index (χ1n) is 7.30. The number of hydrogen-bond acceptors (Lipinski definition) is 4. The van der Waals surface area contributed by atoms with Gasteiger partial charge in [-0.2, -0.15) is 0 Å². The summed E-state index contributed by atoms with van der Waals surface area (Å²) in [6, 6.07) is 0. The van der Waals surface area contributed by atoms with Gasteiger partial charge in [0.05, 0.1) is 6.33 Å². The van der Waals surface area contributed by atoms with Gasteiger partial charge in [0.15, 0.2) is 11.5 Å². The average Bonchev–Trinajstić information content (AvgIpc) is 2.87. The van der Waals surface area contributed by atoms with E-state index in [0.29, 0.717) is 11.3 Å². The lowest BCUT2D eigenvalue weighted by molar-refractivity contribution is 0.554. The number of hydrogen-bond donors (Lipinski definition) is 1. The van der Waals surface area contributed by atoms with Gasteiger partial charge in [0.25, 0.3) is 0 Å². The molecule has 0 amide bonds. The van der Waals surface area contributed by atoms with Crippen molar-refractivity contribution >= 4 is 32.9 Å². The third-order valence-corrected chi connectivity index (χ3v) is 4.02. The van der Waals surface area contributed by atoms with Gasteiger partial charge in [0.2, 0.25) is 0 Å². The van der Waals surface area contributed by atoms with Crippen LogP contribution in [0.1, 0.15) is 44.9 Å². The van der Waals surface area contributed by atoms with Crippen molar-refractivity contribution in [1.29, 1.82) is 0 Å². The molecule has 0 aliphatic heterocycles. The van der Waals surface area contributed by atoms with Crippen LogP contribution in [-0.4, -0.2) is 24.8 Å². The summed E-state index contributed by atoms with van der Waals surface area (Å²) >= 11 is 3.46. The standard InChI is InChI=1S/C14H22BrN5/c15-8-6-4-2-1-3-5-7-9-20-11-19-12-13(16)17-10-18-14(12)20/h10-11H,1-9H2,(H2,16,17,18). The number of nitrogen functional groups attached to an aromatic ring is 1. The number of nitrogens with zero attached hydrogens (tertiary/aromatic N) is 4. The van der Waals surface area contributed by atoms with E-state index in [1.165, 1.54) is 44.9 Å². The van der Waals surface area contributed by atoms with Crippen molar-refractivity contribution in [3.63, 3.8) is 0 Å². The monoisotopic (exact) mass is 339 g/mol. The van der Waals surface area contributed by atoms with Crippen LogP contribution in [0.15, 0.2) is 12.7 Å². The average molecular weight is 340 g/mol. The molecule has 5 nitrogen and oxygen atoms in total. The number of nitrogens with two attached hydrogens (primary N) is 1. The molecule has 0 saturated heterocycles. The Morgan fingerprint density at radius 1 is 0.950 bits per heavy atom. The van der Waals surface area contributed by atoms with Crippen molar-refractivity contribution in [3.8, 4) is 0 Å². The second kappa shape index (κ2) is 8.19. The first-order chi connectivity index (χ1) is 9.83. The highest BCUT2D eigenvalue weighted by molar-refractivity contribution is 9.09. The van der Waals surface area contributed by atoms with E-state index in [1.54, 1.807) is 0 Å². The van der Waals surface area contributed by atoms with Gasteiger partial charge in [0, 0.05) is 11.9 Å². The molecule has 0 aliphatic carbocycles. The third kappa shape index (κ3) is 4.16. The molecule has 2 rings (SSSR count). The number of fused-ring (bicyclic) bond motifs is 1. The van der Waals surface area contributed by atoms with Crippen LogP contribution < -0.4 is 5.73 Å². The van der Waals surface area contributed by atoms with Crippen molar-refractivity contribution in [3.05, 3.63) is 12.7 Å². The molecule has 20 heavy (non-hydrogen) atoms. The summed E-state index contributed by atoms with van der Waals surface area (Å²) in [4.78, 5) is 12.5. The Hall–Kier alpha value is -1.17. The Kier molecular flexibility index (Phi) is 6.24. The van der Waals surface area contributed by atoms with Gasteiger partial charge in [0.1, 0.15) is 11.8 Å². The molecule has 0 atom stereocenters. The second-order valence-electron chi connectivity index (χ2n) is 5.03. The Morgan fingerprint density at radius 3 is 2.40 bits per heavy atom. The molecule has 0 saturated carbocycles. The largest absolute Gasteiger partial charge is 0.382 e. The highest BCUT2D eigenvalue weighted by Gasteiger charge is 2.06. The van der Waals surface area contributed by atoms with Crippen LogP contribution in [0.5, 0.6) is 0 Å². The third-order valence-electron chi connectivity index (χ3n) is 3.46. The quantitative estimate of drug-likeness (QED) is 0.560. The van der Waals surface area contributed by atoms with Crippen LogP contribution in [0.4, 0.5) is 5.82 Å². The topological polar surface area (TPSA) is 69.6 Å². The molecule has 0 spiro atoms. The Morgan fingerprint density at radius 2 is 1.65 bits per heavy atom. The molecular formula is C14H22BrN5. The lowest BCUT2D eigenvalue weighted by atomic mass is 10.1. The fourth-order valence-electron chi connectivity index (χ4n) is 2.32. The van der Waals surface area contributed by atoms with Gasteiger partial charge in [-0.05, 0) is 12.8 Å². The number of alkyl halides is 1. The van der Waals surface area contributed by atoms with Gasteiger partial charge in [-0.1, -0.05) is 48.0 Å². The van der Waals surface area contributed by atoms with E-state index in [-0.39, 0.29) is 0 Å². The molecule has 2 aromatic rings. The van der Waals surface area contributed by atoms with E-state index in [1.807, 2.05) is 6.33 Å². The van der Waals surface area contributed by atoms with Crippen LogP contribution in [0.25, 0.3) is 11.2 Å². The minimum Gasteiger partial charge on any atom is -0.382 e. The maximum absolute atomic E-state index is 5.77. The smallest absolute Gasteiger partial charge is 0.165 e. The highest BCUT2D eigenvalue weighted by atomic mass is 79.9. The Balaban J connectivity index is 1.70. The summed E-state index contributed by atoms with van der Waals surface area (Å²) in [5.74, 6) is 0.459. The van der Waals surface area contributed by atoms with Crippen LogP contribution in [-0.2, 0) is 6.54 Å². The number of imidazole rings is 1. The van der Waals surface area contributed by atoms with E-state index in [4.69, 9.17) is 5.73 Å². The number of rotatable bonds is 9. The van der Waals surface area contributed by atoms with Gasteiger partial charge in [-0.15, -0.1) is 0 Å². The summed E-state index contributed by atoms with van der Waals surface area (Å²) in [5.41, 5.74) is 7.33. The summed E-state index contributed by atoms with van der Waals surface area (Å²) < 4.78 is 2.07. The van der Waals surface area contributed by atoms with E-state index < -0.39 is 0 Å². The fraction of sp³-hybridized carbons (Fsp3) is 0.643. The maximum Gasteiger partial charge on any atom is 0.165 e. The molecule has 0 fully saturated rings. The molecule has 0 aliphatic rings. The van der Waals surface area contributed by atoms with Crippen LogP contribution in [0, 0.1) is 0 Å². The molecule has 0 unspecified atom stereocenters. The van der Waals surface area contributed by atoms with Gasteiger partial charge in [-0.3, -0.25) is 0 Å². The first-order valence-corrected chi connectivity index (χ1v) is 8.42. The van der Waals surface area contributed by atoms with E-state index >= 15 is 0 Å². The lowest BCUT2D eigenvalue weighted by Crippen LogP contribution is -1.99. The molecule has 0 aromatic carbocycles. The normalized spacial score (nSPS) is 11.2. The van der Waals surface area contributed by atoms with Gasteiger partial charge >= 0.3 is 0 Å². The van der Waals surface area contributed by atoms with E-state index in [9.17, 15) is 0 Å². The van der Waals surface area contributed by atoms with Crippen molar-refractivity contribution < 1.29 is 0 Å². The molecular weight excluding hydrogens is 318 g/mol. The van der Waals surface area contributed by atoms with Crippen LogP contribution in [0.3, 0.4) is 0 Å². The number of aromatic nitrogens is 4. The van der Waals surface area contributed by atoms with Crippen molar-refractivity contribution in [1.82, 2.24) is 19.5 Å². The number of unbranched alkanes of at least 4 members (excludes halogenated alkanes) is 6. The van der Waals surface area contributed by atoms with Crippen LogP contribution >= 0.6 is 15.9 Å². The molecule has 6 heteroatoms. The lowest BCUT2D eigenvalue weighted by Gasteiger charge is -2.04. The number of aryl methyl sites for hydroxylation is 1. The molecule has 0 radical (unpaired) electrons. The predicted octanol–water partition coefficient (Wildman–Crippen LogP) is 3.53. The first kappa shape index (κ1) is 15.2. The zero-order valence-electron chi connectivity index (χ0n) is 11.8. The van der Waals surface area contributed by atoms with E-state index in [2.05, 4.69) is 35.4 Å². The molecule has 110 valence electrons. The summed E-state index contributed by atoms with van der Waals surface area (Å²) in [6.07, 6.45) is 12.4. The SMILES string of the molecule is Nc1ncnc2c1ncn2CCCCCCCCCBr. The fourth-order valence-corrected chi connectivity index (χ4v) is 2.72. The molecule has 2 aromatic heterocycles. The van der Waals surface area contributed by atoms with Gasteiger partial charge < -0.3 is 10.3 Å². The zero-order chi connectivity index (χ0) is 14.2. The number of halogens is 1. The molecule has 0 bridgehead atoms.